The van der Waals surface area contributed by atoms with Crippen molar-refractivity contribution in [3.8, 4) is 0 Å². The normalized spacial score (nSPS) is 11.8. The van der Waals surface area contributed by atoms with Crippen LogP contribution in [0.4, 0.5) is 0 Å². The molecule has 0 aliphatic heterocycles. The van der Waals surface area contributed by atoms with Gasteiger partial charge in [0.25, 0.3) is 0 Å². The van der Waals surface area contributed by atoms with Crippen LogP contribution in [0.2, 0.25) is 0 Å². The highest BCUT2D eigenvalue weighted by Gasteiger charge is 2.09. The Labute approximate surface area is 128 Å². The third-order valence-electron chi connectivity index (χ3n) is 3.28. The highest BCUT2D eigenvalue weighted by Crippen LogP contribution is 2.07. The average Bonchev–Trinajstić information content (AvgIpc) is 2.40. The quantitative estimate of drug-likeness (QED) is 0.769. The van der Waals surface area contributed by atoms with E-state index in [1.807, 2.05) is 6.07 Å². The second-order valence-electron chi connectivity index (χ2n) is 4.93. The van der Waals surface area contributed by atoms with Crippen LogP contribution in [0.15, 0.2) is 30.3 Å². The van der Waals surface area contributed by atoms with Crippen molar-refractivity contribution in [1.82, 2.24) is 10.2 Å². The predicted molar refractivity (Wildman–Crippen MR) is 85.9 cm³/mol. The van der Waals surface area contributed by atoms with Gasteiger partial charge in [-0.25, -0.2) is 0 Å². The van der Waals surface area contributed by atoms with Gasteiger partial charge in [0.05, 0.1) is 0 Å². The predicted octanol–water partition coefficient (Wildman–Crippen LogP) is 1.78. The number of amides is 1. The smallest absolute Gasteiger partial charge is 0.221 e. The summed E-state index contributed by atoms with van der Waals surface area (Å²) in [7, 11) is 2.11. The van der Waals surface area contributed by atoms with Gasteiger partial charge in [-0.2, -0.15) is 0 Å². The Morgan fingerprint density at radius 3 is 2.60 bits per heavy atom. The van der Waals surface area contributed by atoms with Crippen molar-refractivity contribution in [3.05, 3.63) is 35.9 Å². The molecule has 1 aromatic carbocycles. The second-order valence-corrected chi connectivity index (χ2v) is 4.93. The minimum absolute atomic E-state index is 0. The number of hydrogen-bond acceptors (Lipinski definition) is 3. The standard InChI is InChI=1S/C15H25N3O.ClH/c1-13(9-11-17-15(19)8-10-16)18(2)12-14-6-4-3-5-7-14;/h3-7,13H,8-12,16H2,1-2H3,(H,17,19);1H. The van der Waals surface area contributed by atoms with E-state index in [1.54, 1.807) is 0 Å². The van der Waals surface area contributed by atoms with E-state index in [-0.39, 0.29) is 18.3 Å². The lowest BCUT2D eigenvalue weighted by molar-refractivity contribution is -0.120. The van der Waals surface area contributed by atoms with Crippen LogP contribution in [-0.4, -0.2) is 37.0 Å². The number of nitrogens with two attached hydrogens (primary N) is 1. The number of nitrogens with one attached hydrogen (secondary N) is 1. The third-order valence-corrected chi connectivity index (χ3v) is 3.28. The first-order valence-electron chi connectivity index (χ1n) is 6.84. The van der Waals surface area contributed by atoms with Crippen LogP contribution in [0, 0.1) is 0 Å². The molecule has 3 N–H and O–H groups in total. The zero-order valence-corrected chi connectivity index (χ0v) is 13.2. The molecular formula is C15H26ClN3O. The van der Waals surface area contributed by atoms with Gasteiger partial charge in [0.2, 0.25) is 5.91 Å². The fourth-order valence-electron chi connectivity index (χ4n) is 1.89. The molecule has 0 bridgehead atoms. The van der Waals surface area contributed by atoms with Gasteiger partial charge in [0, 0.05) is 32.1 Å². The second kappa shape index (κ2) is 10.7. The van der Waals surface area contributed by atoms with E-state index in [1.165, 1.54) is 5.56 Å². The molecule has 1 atom stereocenters. The molecule has 0 spiro atoms. The van der Waals surface area contributed by atoms with Gasteiger partial charge in [0.1, 0.15) is 0 Å². The first kappa shape index (κ1) is 18.9. The molecule has 1 rings (SSSR count). The molecule has 0 aromatic heterocycles. The van der Waals surface area contributed by atoms with Crippen LogP contribution in [0.5, 0.6) is 0 Å². The molecule has 5 heteroatoms. The Morgan fingerprint density at radius 1 is 1.35 bits per heavy atom. The van der Waals surface area contributed by atoms with Crippen LogP contribution < -0.4 is 11.1 Å². The summed E-state index contributed by atoms with van der Waals surface area (Å²) < 4.78 is 0. The number of benzene rings is 1. The monoisotopic (exact) mass is 299 g/mol. The van der Waals surface area contributed by atoms with Crippen LogP contribution in [0.25, 0.3) is 0 Å². The van der Waals surface area contributed by atoms with Crippen molar-refractivity contribution in [2.45, 2.75) is 32.4 Å². The molecule has 0 saturated heterocycles. The molecule has 4 nitrogen and oxygen atoms in total. The maximum atomic E-state index is 11.3. The van der Waals surface area contributed by atoms with Crippen LogP contribution >= 0.6 is 12.4 Å². The molecule has 0 aliphatic rings. The molecule has 1 unspecified atom stereocenters. The maximum absolute atomic E-state index is 11.3. The molecular weight excluding hydrogens is 274 g/mol. The topological polar surface area (TPSA) is 58.4 Å². The Hall–Kier alpha value is -1.10. The maximum Gasteiger partial charge on any atom is 0.221 e. The van der Waals surface area contributed by atoms with E-state index in [0.717, 1.165) is 13.0 Å². The Kier molecular flexibility index (Phi) is 10.1. The van der Waals surface area contributed by atoms with Crippen LogP contribution in [-0.2, 0) is 11.3 Å². The van der Waals surface area contributed by atoms with E-state index in [4.69, 9.17) is 5.73 Å². The number of rotatable bonds is 8. The summed E-state index contributed by atoms with van der Waals surface area (Å²) >= 11 is 0. The summed E-state index contributed by atoms with van der Waals surface area (Å²) in [6.45, 7) is 4.23. The number of carbonyl (C=O) groups is 1. The fraction of sp³-hybridized carbons (Fsp3) is 0.533. The SMILES string of the molecule is CC(CCNC(=O)CCN)N(C)Cc1ccccc1.Cl. The van der Waals surface area contributed by atoms with E-state index in [9.17, 15) is 4.79 Å². The van der Waals surface area contributed by atoms with Crippen LogP contribution in [0.3, 0.4) is 0 Å². The van der Waals surface area contributed by atoms with Crippen molar-refractivity contribution in [2.24, 2.45) is 5.73 Å². The third kappa shape index (κ3) is 7.48. The Morgan fingerprint density at radius 2 is 2.00 bits per heavy atom. The number of hydrogen-bond donors (Lipinski definition) is 2. The summed E-state index contributed by atoms with van der Waals surface area (Å²) in [5.41, 5.74) is 6.64. The average molecular weight is 300 g/mol. The van der Waals surface area contributed by atoms with Crippen molar-refractivity contribution in [2.75, 3.05) is 20.1 Å². The molecule has 0 aliphatic carbocycles. The zero-order valence-electron chi connectivity index (χ0n) is 12.3. The Balaban J connectivity index is 0.00000361. The van der Waals surface area contributed by atoms with Gasteiger partial charge < -0.3 is 11.1 Å². The summed E-state index contributed by atoms with van der Waals surface area (Å²) in [6, 6.07) is 10.8. The van der Waals surface area contributed by atoms with Crippen LogP contribution in [0.1, 0.15) is 25.3 Å². The van der Waals surface area contributed by atoms with Gasteiger partial charge in [-0.05, 0) is 26.0 Å². The van der Waals surface area contributed by atoms with Gasteiger partial charge in [-0.3, -0.25) is 9.69 Å². The van der Waals surface area contributed by atoms with E-state index < -0.39 is 0 Å². The molecule has 0 heterocycles. The number of halogens is 1. The molecule has 0 radical (unpaired) electrons. The molecule has 20 heavy (non-hydrogen) atoms. The number of nitrogens with zero attached hydrogens (tertiary/aromatic N) is 1. The summed E-state index contributed by atoms with van der Waals surface area (Å²) in [6.07, 6.45) is 1.36. The molecule has 1 amide bonds. The molecule has 0 fully saturated rings. The first-order valence-corrected chi connectivity index (χ1v) is 6.84. The van der Waals surface area contributed by atoms with E-state index >= 15 is 0 Å². The fourth-order valence-corrected chi connectivity index (χ4v) is 1.89. The van der Waals surface area contributed by atoms with Gasteiger partial charge >= 0.3 is 0 Å². The summed E-state index contributed by atoms with van der Waals surface area (Å²) in [5.74, 6) is 0.0420. The summed E-state index contributed by atoms with van der Waals surface area (Å²) in [5, 5.41) is 2.89. The minimum Gasteiger partial charge on any atom is -0.356 e. The van der Waals surface area contributed by atoms with E-state index in [0.29, 0.717) is 25.6 Å². The van der Waals surface area contributed by atoms with Crippen molar-refractivity contribution in [3.63, 3.8) is 0 Å². The summed E-state index contributed by atoms with van der Waals surface area (Å²) in [4.78, 5) is 13.6. The van der Waals surface area contributed by atoms with Gasteiger partial charge in [-0.15, -0.1) is 12.4 Å². The van der Waals surface area contributed by atoms with Crippen molar-refractivity contribution in [1.29, 1.82) is 0 Å². The first-order chi connectivity index (χ1) is 9.13. The van der Waals surface area contributed by atoms with Gasteiger partial charge in [0.15, 0.2) is 0 Å². The highest BCUT2D eigenvalue weighted by molar-refractivity contribution is 5.85. The molecule has 1 aromatic rings. The highest BCUT2D eigenvalue weighted by atomic mass is 35.5. The lowest BCUT2D eigenvalue weighted by Crippen LogP contribution is -2.34. The van der Waals surface area contributed by atoms with Crippen molar-refractivity contribution < 1.29 is 4.79 Å². The molecule has 114 valence electrons. The Bertz CT molecular complexity index is 373. The lowest BCUT2D eigenvalue weighted by Gasteiger charge is -2.24. The lowest BCUT2D eigenvalue weighted by atomic mass is 10.1. The zero-order chi connectivity index (χ0) is 14.1. The van der Waals surface area contributed by atoms with Crippen molar-refractivity contribution >= 4 is 18.3 Å². The largest absolute Gasteiger partial charge is 0.356 e. The molecule has 0 saturated carbocycles. The van der Waals surface area contributed by atoms with E-state index in [2.05, 4.69) is 48.5 Å². The van der Waals surface area contributed by atoms with Gasteiger partial charge in [-0.1, -0.05) is 30.3 Å². The minimum atomic E-state index is 0. The number of carbonyl (C=O) groups excluding carboxylic acids is 1.